The minimum absolute atomic E-state index is 0.191. The number of aliphatic hydroxyl groups is 1. The smallest absolute Gasteiger partial charge is 0.147 e. The van der Waals surface area contributed by atoms with Gasteiger partial charge in [-0.05, 0) is 30.6 Å². The highest BCUT2D eigenvalue weighted by Crippen LogP contribution is 2.42. The Morgan fingerprint density at radius 3 is 2.90 bits per heavy atom. The Labute approximate surface area is 127 Å². The van der Waals surface area contributed by atoms with Gasteiger partial charge >= 0.3 is 0 Å². The first-order valence-corrected chi connectivity index (χ1v) is 8.30. The number of hydrogen-bond acceptors (Lipinski definition) is 4. The summed E-state index contributed by atoms with van der Waals surface area (Å²) in [5, 5.41) is 18.7. The zero-order valence-corrected chi connectivity index (χ0v) is 13.5. The molecule has 1 aromatic rings. The van der Waals surface area contributed by atoms with Gasteiger partial charge in [0.2, 0.25) is 0 Å². The first-order chi connectivity index (χ1) is 10.0. The topological polar surface area (TPSA) is 54.2 Å². The van der Waals surface area contributed by atoms with E-state index in [0.29, 0.717) is 11.3 Å². The van der Waals surface area contributed by atoms with E-state index in [-0.39, 0.29) is 12.1 Å². The molecule has 1 aromatic heterocycles. The summed E-state index contributed by atoms with van der Waals surface area (Å²) in [6.45, 7) is 9.78. The Morgan fingerprint density at radius 1 is 1.33 bits per heavy atom. The number of aliphatic hydroxyl groups excluding tert-OH is 1. The van der Waals surface area contributed by atoms with E-state index < -0.39 is 0 Å². The second kappa shape index (κ2) is 5.69. The van der Waals surface area contributed by atoms with E-state index in [9.17, 15) is 5.11 Å². The van der Waals surface area contributed by atoms with Crippen molar-refractivity contribution in [1.29, 1.82) is 0 Å². The van der Waals surface area contributed by atoms with Crippen molar-refractivity contribution < 1.29 is 5.11 Å². The van der Waals surface area contributed by atoms with Crippen molar-refractivity contribution >= 4 is 0 Å². The van der Waals surface area contributed by atoms with Crippen LogP contribution in [0.3, 0.4) is 0 Å². The molecule has 21 heavy (non-hydrogen) atoms. The molecule has 5 heteroatoms. The fourth-order valence-electron chi connectivity index (χ4n) is 3.89. The third-order valence-electron chi connectivity index (χ3n) is 5.93. The van der Waals surface area contributed by atoms with Gasteiger partial charge in [-0.2, -0.15) is 0 Å². The van der Waals surface area contributed by atoms with Crippen molar-refractivity contribution in [1.82, 2.24) is 19.7 Å². The van der Waals surface area contributed by atoms with E-state index in [2.05, 4.69) is 40.4 Å². The van der Waals surface area contributed by atoms with Gasteiger partial charge in [0.15, 0.2) is 0 Å². The molecule has 118 valence electrons. The average molecular weight is 292 g/mol. The van der Waals surface area contributed by atoms with Crippen LogP contribution in [-0.2, 0) is 13.1 Å². The quantitative estimate of drug-likeness (QED) is 0.926. The van der Waals surface area contributed by atoms with Crippen LogP contribution in [0.15, 0.2) is 6.33 Å². The molecule has 1 N–H and O–H groups in total. The molecule has 1 saturated carbocycles. The molecule has 3 unspecified atom stereocenters. The second-order valence-corrected chi connectivity index (χ2v) is 7.40. The minimum Gasteiger partial charge on any atom is -0.391 e. The van der Waals surface area contributed by atoms with Crippen LogP contribution in [0, 0.1) is 11.3 Å². The van der Waals surface area contributed by atoms with Crippen LogP contribution >= 0.6 is 0 Å². The van der Waals surface area contributed by atoms with Crippen molar-refractivity contribution in [3.8, 4) is 0 Å². The SMILES string of the molecule is CCC(C)(C)C1CCC(O)C(N2CCn3cnnc3C2)C1. The Balaban J connectivity index is 1.72. The first kappa shape index (κ1) is 15.0. The van der Waals surface area contributed by atoms with Gasteiger partial charge in [-0.25, -0.2) is 0 Å². The molecule has 0 saturated heterocycles. The van der Waals surface area contributed by atoms with E-state index in [0.717, 1.165) is 44.7 Å². The summed E-state index contributed by atoms with van der Waals surface area (Å²) in [6.07, 6.45) is 6.02. The largest absolute Gasteiger partial charge is 0.391 e. The molecule has 0 amide bonds. The molecule has 0 radical (unpaired) electrons. The van der Waals surface area contributed by atoms with Crippen LogP contribution in [0.4, 0.5) is 0 Å². The van der Waals surface area contributed by atoms with Gasteiger partial charge in [0, 0.05) is 19.1 Å². The van der Waals surface area contributed by atoms with E-state index >= 15 is 0 Å². The van der Waals surface area contributed by atoms with Crippen molar-refractivity contribution in [2.45, 2.75) is 71.7 Å². The molecule has 3 atom stereocenters. The van der Waals surface area contributed by atoms with Gasteiger partial charge in [-0.15, -0.1) is 10.2 Å². The number of hydrogen-bond donors (Lipinski definition) is 1. The monoisotopic (exact) mass is 292 g/mol. The number of aromatic nitrogens is 3. The van der Waals surface area contributed by atoms with Crippen LogP contribution in [0.25, 0.3) is 0 Å². The summed E-state index contributed by atoms with van der Waals surface area (Å²) < 4.78 is 2.12. The average Bonchev–Trinajstić information content (AvgIpc) is 2.95. The van der Waals surface area contributed by atoms with E-state index in [1.165, 1.54) is 6.42 Å². The van der Waals surface area contributed by atoms with Crippen molar-refractivity contribution in [3.63, 3.8) is 0 Å². The molecule has 1 aliphatic carbocycles. The Bertz CT molecular complexity index is 484. The van der Waals surface area contributed by atoms with Crippen LogP contribution in [0.5, 0.6) is 0 Å². The van der Waals surface area contributed by atoms with Gasteiger partial charge in [-0.1, -0.05) is 27.2 Å². The molecular formula is C16H28N4O. The molecule has 1 aliphatic heterocycles. The molecule has 0 aromatic carbocycles. The predicted molar refractivity (Wildman–Crippen MR) is 81.6 cm³/mol. The highest BCUT2D eigenvalue weighted by atomic mass is 16.3. The maximum atomic E-state index is 10.5. The summed E-state index contributed by atoms with van der Waals surface area (Å²) in [5.74, 6) is 1.74. The highest BCUT2D eigenvalue weighted by Gasteiger charge is 2.39. The number of rotatable bonds is 3. The lowest BCUT2D eigenvalue weighted by atomic mass is 9.67. The standard InChI is InChI=1S/C16H28N4O/c1-4-16(2,3)12-5-6-14(21)13(9-12)19-7-8-20-11-17-18-15(20)10-19/h11-14,21H,4-10H2,1-3H3. The van der Waals surface area contributed by atoms with Crippen molar-refractivity contribution in [3.05, 3.63) is 12.2 Å². The minimum atomic E-state index is -0.191. The maximum absolute atomic E-state index is 10.5. The van der Waals surface area contributed by atoms with Crippen LogP contribution < -0.4 is 0 Å². The molecular weight excluding hydrogens is 264 g/mol. The van der Waals surface area contributed by atoms with E-state index in [4.69, 9.17) is 0 Å². The molecule has 5 nitrogen and oxygen atoms in total. The molecule has 0 bridgehead atoms. The Hall–Kier alpha value is -0.940. The lowest BCUT2D eigenvalue weighted by Gasteiger charge is -2.46. The summed E-state index contributed by atoms with van der Waals surface area (Å²) in [4.78, 5) is 2.42. The van der Waals surface area contributed by atoms with Crippen LogP contribution in [0.2, 0.25) is 0 Å². The van der Waals surface area contributed by atoms with E-state index in [1.807, 2.05) is 6.33 Å². The lowest BCUT2D eigenvalue weighted by molar-refractivity contribution is -0.0304. The molecule has 2 heterocycles. The predicted octanol–water partition coefficient (Wildman–Crippen LogP) is 2.06. The summed E-state index contributed by atoms with van der Waals surface area (Å²) >= 11 is 0. The van der Waals surface area contributed by atoms with Gasteiger partial charge in [0.25, 0.3) is 0 Å². The summed E-state index contributed by atoms with van der Waals surface area (Å²) in [7, 11) is 0. The molecule has 3 rings (SSSR count). The van der Waals surface area contributed by atoms with Crippen LogP contribution in [0.1, 0.15) is 52.3 Å². The van der Waals surface area contributed by atoms with E-state index in [1.54, 1.807) is 0 Å². The number of nitrogens with zero attached hydrogens (tertiary/aromatic N) is 4. The summed E-state index contributed by atoms with van der Waals surface area (Å²) in [5.41, 5.74) is 0.369. The Kier molecular flexibility index (Phi) is 4.06. The van der Waals surface area contributed by atoms with Gasteiger partial charge < -0.3 is 9.67 Å². The van der Waals surface area contributed by atoms with Crippen LogP contribution in [-0.4, -0.2) is 43.5 Å². The first-order valence-electron chi connectivity index (χ1n) is 8.30. The zero-order chi connectivity index (χ0) is 15.0. The Morgan fingerprint density at radius 2 is 2.14 bits per heavy atom. The third-order valence-corrected chi connectivity index (χ3v) is 5.93. The second-order valence-electron chi connectivity index (χ2n) is 7.40. The number of fused-ring (bicyclic) bond motifs is 1. The molecule has 0 spiro atoms. The summed E-state index contributed by atoms with van der Waals surface area (Å²) in [6, 6.07) is 0.278. The normalized spacial score (nSPS) is 31.1. The van der Waals surface area contributed by atoms with Gasteiger partial charge in [0.05, 0.1) is 12.6 Å². The lowest BCUT2D eigenvalue weighted by Crippen LogP contribution is -2.51. The van der Waals surface area contributed by atoms with Gasteiger partial charge in [0.1, 0.15) is 12.2 Å². The fourth-order valence-corrected chi connectivity index (χ4v) is 3.89. The van der Waals surface area contributed by atoms with Crippen molar-refractivity contribution in [2.24, 2.45) is 11.3 Å². The fraction of sp³-hybridized carbons (Fsp3) is 0.875. The van der Waals surface area contributed by atoms with Gasteiger partial charge in [-0.3, -0.25) is 4.90 Å². The third kappa shape index (κ3) is 2.86. The zero-order valence-electron chi connectivity index (χ0n) is 13.5. The highest BCUT2D eigenvalue weighted by molar-refractivity contribution is 4.96. The molecule has 2 aliphatic rings. The maximum Gasteiger partial charge on any atom is 0.147 e. The molecule has 1 fully saturated rings. The van der Waals surface area contributed by atoms with Crippen molar-refractivity contribution in [2.75, 3.05) is 6.54 Å².